The summed E-state index contributed by atoms with van der Waals surface area (Å²) in [5.41, 5.74) is 1.05. The molecule has 1 heterocycles. The van der Waals surface area contributed by atoms with Crippen LogP contribution in [0.4, 0.5) is 0 Å². The molecule has 1 amide bonds. The maximum Gasteiger partial charge on any atom is 0.226 e. The molecule has 1 aliphatic rings. The van der Waals surface area contributed by atoms with Gasteiger partial charge in [-0.2, -0.15) is 0 Å². The van der Waals surface area contributed by atoms with Gasteiger partial charge in [-0.3, -0.25) is 4.79 Å². The normalized spacial score (nSPS) is 19.8. The number of carbonyl (C=O) groups excluding carboxylic acids is 1. The highest BCUT2D eigenvalue weighted by Gasteiger charge is 2.30. The van der Waals surface area contributed by atoms with Crippen molar-refractivity contribution in [1.82, 2.24) is 4.90 Å². The third-order valence-corrected chi connectivity index (χ3v) is 4.57. The van der Waals surface area contributed by atoms with Crippen LogP contribution in [0.1, 0.15) is 25.0 Å². The molecule has 5 nitrogen and oxygen atoms in total. The first-order valence-electron chi connectivity index (χ1n) is 8.90. The first-order chi connectivity index (χ1) is 12.7. The summed E-state index contributed by atoms with van der Waals surface area (Å²) in [4.78, 5) is 14.5. The molecular formula is C21H25NO4. The number of hydrogen-bond acceptors (Lipinski definition) is 4. The van der Waals surface area contributed by atoms with E-state index >= 15 is 0 Å². The molecular weight excluding hydrogens is 330 g/mol. The predicted octanol–water partition coefficient (Wildman–Crippen LogP) is 3.45. The summed E-state index contributed by atoms with van der Waals surface area (Å²) in [5, 5.41) is 0. The highest BCUT2D eigenvalue weighted by molar-refractivity contribution is 5.76. The number of ether oxygens (including phenoxy) is 3. The van der Waals surface area contributed by atoms with Crippen LogP contribution in [0.2, 0.25) is 0 Å². The molecule has 1 fully saturated rings. The molecule has 0 aliphatic carbocycles. The quantitative estimate of drug-likeness (QED) is 0.796. The average molecular weight is 355 g/mol. The second kappa shape index (κ2) is 8.72. The number of para-hydroxylation sites is 1. The number of hydrogen-bond donors (Lipinski definition) is 0. The van der Waals surface area contributed by atoms with E-state index in [2.05, 4.69) is 0 Å². The van der Waals surface area contributed by atoms with Gasteiger partial charge < -0.3 is 19.1 Å². The Labute approximate surface area is 154 Å². The highest BCUT2D eigenvalue weighted by Crippen LogP contribution is 2.26. The minimum Gasteiger partial charge on any atom is -0.497 e. The Bertz CT molecular complexity index is 702. The maximum atomic E-state index is 12.6. The van der Waals surface area contributed by atoms with Crippen LogP contribution in [0.3, 0.4) is 0 Å². The van der Waals surface area contributed by atoms with Gasteiger partial charge in [-0.25, -0.2) is 0 Å². The van der Waals surface area contributed by atoms with Crippen molar-refractivity contribution in [3.05, 3.63) is 60.2 Å². The van der Waals surface area contributed by atoms with E-state index in [1.807, 2.05) is 66.4 Å². The van der Waals surface area contributed by atoms with Crippen molar-refractivity contribution in [1.29, 1.82) is 0 Å². The second-order valence-corrected chi connectivity index (χ2v) is 6.40. The molecule has 1 aliphatic heterocycles. The minimum absolute atomic E-state index is 0.0636. The summed E-state index contributed by atoms with van der Waals surface area (Å²) >= 11 is 0. The summed E-state index contributed by atoms with van der Waals surface area (Å²) in [6.07, 6.45) is 0.241. The largest absolute Gasteiger partial charge is 0.497 e. The molecule has 138 valence electrons. The number of amides is 1. The van der Waals surface area contributed by atoms with Crippen LogP contribution in [0.25, 0.3) is 0 Å². The van der Waals surface area contributed by atoms with Gasteiger partial charge in [0.2, 0.25) is 5.91 Å². The first-order valence-corrected chi connectivity index (χ1v) is 8.90. The SMILES string of the molecule is COc1ccc(C2CN(C(=O)CCOc3ccccc3)C(C)CO2)cc1. The Hall–Kier alpha value is -2.53. The summed E-state index contributed by atoms with van der Waals surface area (Å²) in [6, 6.07) is 17.4. The van der Waals surface area contributed by atoms with Gasteiger partial charge in [0, 0.05) is 0 Å². The Kier molecular flexibility index (Phi) is 6.12. The van der Waals surface area contributed by atoms with Gasteiger partial charge in [-0.15, -0.1) is 0 Å². The van der Waals surface area contributed by atoms with Gasteiger partial charge in [0.25, 0.3) is 0 Å². The van der Waals surface area contributed by atoms with Crippen LogP contribution in [0.15, 0.2) is 54.6 Å². The van der Waals surface area contributed by atoms with E-state index in [-0.39, 0.29) is 18.1 Å². The Balaban J connectivity index is 1.55. The number of benzene rings is 2. The van der Waals surface area contributed by atoms with E-state index in [0.717, 1.165) is 17.1 Å². The van der Waals surface area contributed by atoms with E-state index in [4.69, 9.17) is 14.2 Å². The summed E-state index contributed by atoms with van der Waals surface area (Å²) in [6.45, 7) is 3.47. The van der Waals surface area contributed by atoms with Gasteiger partial charge in [0.1, 0.15) is 17.6 Å². The third-order valence-electron chi connectivity index (χ3n) is 4.57. The molecule has 0 aromatic heterocycles. The molecule has 0 N–H and O–H groups in total. The van der Waals surface area contributed by atoms with Crippen molar-refractivity contribution in [2.45, 2.75) is 25.5 Å². The van der Waals surface area contributed by atoms with Crippen molar-refractivity contribution in [3.63, 3.8) is 0 Å². The molecule has 5 heteroatoms. The predicted molar refractivity (Wildman–Crippen MR) is 99.4 cm³/mol. The number of methoxy groups -OCH3 is 1. The topological polar surface area (TPSA) is 48.0 Å². The van der Waals surface area contributed by atoms with E-state index in [0.29, 0.717) is 26.2 Å². The molecule has 26 heavy (non-hydrogen) atoms. The maximum absolute atomic E-state index is 12.6. The monoisotopic (exact) mass is 355 g/mol. The van der Waals surface area contributed by atoms with Crippen LogP contribution in [-0.2, 0) is 9.53 Å². The van der Waals surface area contributed by atoms with Gasteiger partial charge in [-0.1, -0.05) is 30.3 Å². The molecule has 2 aromatic carbocycles. The summed E-state index contributed by atoms with van der Waals surface area (Å²) < 4.78 is 16.8. The van der Waals surface area contributed by atoms with Crippen molar-refractivity contribution >= 4 is 5.91 Å². The van der Waals surface area contributed by atoms with Crippen LogP contribution in [-0.4, -0.2) is 43.7 Å². The van der Waals surface area contributed by atoms with E-state index in [9.17, 15) is 4.79 Å². The Morgan fingerprint density at radius 1 is 1.12 bits per heavy atom. The summed E-state index contributed by atoms with van der Waals surface area (Å²) in [7, 11) is 1.64. The summed E-state index contributed by atoms with van der Waals surface area (Å²) in [5.74, 6) is 1.69. The number of morpholine rings is 1. The Morgan fingerprint density at radius 3 is 2.54 bits per heavy atom. The second-order valence-electron chi connectivity index (χ2n) is 6.40. The smallest absolute Gasteiger partial charge is 0.226 e. The average Bonchev–Trinajstić information content (AvgIpc) is 2.69. The lowest BCUT2D eigenvalue weighted by Crippen LogP contribution is -2.48. The molecule has 3 rings (SSSR count). The minimum atomic E-state index is -0.115. The standard InChI is InChI=1S/C21H25NO4/c1-16-15-26-20(17-8-10-18(24-2)11-9-17)14-22(16)21(23)12-13-25-19-6-4-3-5-7-19/h3-11,16,20H,12-15H2,1-2H3. The molecule has 0 spiro atoms. The Morgan fingerprint density at radius 2 is 1.85 bits per heavy atom. The van der Waals surface area contributed by atoms with Gasteiger partial charge in [0.05, 0.1) is 39.3 Å². The number of carbonyl (C=O) groups is 1. The van der Waals surface area contributed by atoms with Crippen molar-refractivity contribution < 1.29 is 19.0 Å². The molecule has 2 atom stereocenters. The molecule has 0 saturated carbocycles. The van der Waals surface area contributed by atoms with Crippen molar-refractivity contribution in [2.24, 2.45) is 0 Å². The van der Waals surface area contributed by atoms with E-state index in [1.165, 1.54) is 0 Å². The van der Waals surface area contributed by atoms with Crippen molar-refractivity contribution in [3.8, 4) is 11.5 Å². The number of rotatable bonds is 6. The fourth-order valence-electron chi connectivity index (χ4n) is 3.04. The lowest BCUT2D eigenvalue weighted by Gasteiger charge is -2.38. The zero-order chi connectivity index (χ0) is 18.4. The van der Waals surface area contributed by atoms with Gasteiger partial charge in [-0.05, 0) is 36.8 Å². The number of nitrogens with zero attached hydrogens (tertiary/aromatic N) is 1. The zero-order valence-corrected chi connectivity index (χ0v) is 15.3. The molecule has 0 bridgehead atoms. The lowest BCUT2D eigenvalue weighted by molar-refractivity contribution is -0.145. The fourth-order valence-corrected chi connectivity index (χ4v) is 3.04. The van der Waals surface area contributed by atoms with Gasteiger partial charge >= 0.3 is 0 Å². The van der Waals surface area contributed by atoms with Crippen LogP contribution >= 0.6 is 0 Å². The third kappa shape index (κ3) is 4.55. The van der Waals surface area contributed by atoms with E-state index < -0.39 is 0 Å². The first kappa shape index (κ1) is 18.3. The molecule has 2 unspecified atom stereocenters. The van der Waals surface area contributed by atoms with Crippen LogP contribution in [0.5, 0.6) is 11.5 Å². The van der Waals surface area contributed by atoms with Crippen LogP contribution in [0, 0.1) is 0 Å². The molecule has 1 saturated heterocycles. The van der Waals surface area contributed by atoms with E-state index in [1.54, 1.807) is 7.11 Å². The molecule has 0 radical (unpaired) electrons. The van der Waals surface area contributed by atoms with Gasteiger partial charge in [0.15, 0.2) is 0 Å². The van der Waals surface area contributed by atoms with Crippen molar-refractivity contribution in [2.75, 3.05) is 26.9 Å². The highest BCUT2D eigenvalue weighted by atomic mass is 16.5. The van der Waals surface area contributed by atoms with Crippen LogP contribution < -0.4 is 9.47 Å². The zero-order valence-electron chi connectivity index (χ0n) is 15.3. The molecule has 2 aromatic rings. The fraction of sp³-hybridized carbons (Fsp3) is 0.381. The lowest BCUT2D eigenvalue weighted by atomic mass is 10.1.